The lowest BCUT2D eigenvalue weighted by Crippen LogP contribution is -2.30. The third-order valence-corrected chi connectivity index (χ3v) is 3.86. The molecule has 0 aliphatic heterocycles. The molecule has 0 saturated carbocycles. The summed E-state index contributed by atoms with van der Waals surface area (Å²) in [6.07, 6.45) is 1.40. The second kappa shape index (κ2) is 6.55. The number of esters is 1. The lowest BCUT2D eigenvalue weighted by Gasteiger charge is -2.04. The molecular weight excluding hydrogens is 320 g/mol. The minimum absolute atomic E-state index is 0.0653. The van der Waals surface area contributed by atoms with Crippen LogP contribution in [-0.2, 0) is 11.3 Å². The van der Waals surface area contributed by atoms with E-state index in [4.69, 9.17) is 11.6 Å². The fourth-order valence-corrected chi connectivity index (χ4v) is 2.63. The molecule has 2 aromatic heterocycles. The van der Waals surface area contributed by atoms with Crippen molar-refractivity contribution in [2.24, 2.45) is 0 Å². The third kappa shape index (κ3) is 3.70. The number of anilines is 1. The Balaban J connectivity index is 1.99. The number of hydrogen-bond acceptors (Lipinski definition) is 7. The number of H-pyrrole nitrogens is 1. The molecule has 21 heavy (non-hydrogen) atoms. The number of aromatic amines is 1. The Labute approximate surface area is 127 Å². The normalized spacial score (nSPS) is 10.4. The molecule has 0 aliphatic carbocycles. The molecule has 10 heteroatoms. The molecule has 2 heterocycles. The molecule has 0 aromatic carbocycles. The Kier molecular flexibility index (Phi) is 4.76. The molecule has 2 N–H and O–H groups in total. The zero-order valence-corrected chi connectivity index (χ0v) is 12.5. The summed E-state index contributed by atoms with van der Waals surface area (Å²) in [5.74, 6) is -0.553. The Morgan fingerprint density at radius 3 is 3.00 bits per heavy atom. The van der Waals surface area contributed by atoms with Crippen molar-refractivity contribution in [3.8, 4) is 0 Å². The number of rotatable bonds is 5. The summed E-state index contributed by atoms with van der Waals surface area (Å²) in [6.45, 7) is 0.691. The molecule has 0 fully saturated rings. The highest BCUT2D eigenvalue weighted by Crippen LogP contribution is 2.27. The van der Waals surface area contributed by atoms with Gasteiger partial charge in [-0.15, -0.1) is 0 Å². The van der Waals surface area contributed by atoms with Gasteiger partial charge >= 0.3 is 11.7 Å². The quantitative estimate of drug-likeness (QED) is 0.775. The van der Waals surface area contributed by atoms with Gasteiger partial charge < -0.3 is 10.1 Å². The maximum Gasteiger partial charge on any atom is 0.351 e. The molecule has 0 saturated heterocycles. The van der Waals surface area contributed by atoms with Crippen LogP contribution in [-0.4, -0.2) is 34.2 Å². The lowest BCUT2D eigenvalue weighted by atomic mass is 10.5. The zero-order chi connectivity index (χ0) is 15.4. The first-order chi connectivity index (χ1) is 10.0. The monoisotopic (exact) mass is 330 g/mol. The van der Waals surface area contributed by atoms with E-state index in [1.54, 1.807) is 0 Å². The van der Waals surface area contributed by atoms with Gasteiger partial charge in [0, 0.05) is 25.4 Å². The highest BCUT2D eigenvalue weighted by Gasteiger charge is 2.16. The van der Waals surface area contributed by atoms with Gasteiger partial charge in [0.05, 0.1) is 7.11 Å². The summed E-state index contributed by atoms with van der Waals surface area (Å²) < 4.78 is 5.91. The van der Waals surface area contributed by atoms with Crippen molar-refractivity contribution < 1.29 is 9.53 Å². The molecule has 0 spiro atoms. The van der Waals surface area contributed by atoms with Gasteiger partial charge in [0.15, 0.2) is 15.2 Å². The minimum atomic E-state index is -0.553. The predicted octanol–water partition coefficient (Wildman–Crippen LogP) is 0.545. The van der Waals surface area contributed by atoms with E-state index >= 15 is 0 Å². The van der Waals surface area contributed by atoms with E-state index in [1.807, 2.05) is 0 Å². The van der Waals surface area contributed by atoms with Crippen molar-refractivity contribution in [1.29, 1.82) is 0 Å². The summed E-state index contributed by atoms with van der Waals surface area (Å²) in [5.41, 5.74) is -0.935. The molecule has 0 bridgehead atoms. The number of carbonyl (C=O) groups is 1. The Hall–Kier alpha value is -2.13. The van der Waals surface area contributed by atoms with Crippen molar-refractivity contribution in [2.45, 2.75) is 6.54 Å². The first kappa shape index (κ1) is 15.3. The summed E-state index contributed by atoms with van der Waals surface area (Å²) in [7, 11) is 1.26. The van der Waals surface area contributed by atoms with Gasteiger partial charge in [0.25, 0.3) is 5.56 Å². The fourth-order valence-electron chi connectivity index (χ4n) is 1.50. The topological polar surface area (TPSA) is 106 Å². The minimum Gasteiger partial charge on any atom is -0.465 e. The van der Waals surface area contributed by atoms with Gasteiger partial charge in [-0.2, -0.15) is 0 Å². The van der Waals surface area contributed by atoms with Crippen LogP contribution in [0.15, 0.2) is 21.9 Å². The van der Waals surface area contributed by atoms with Gasteiger partial charge in [-0.3, -0.25) is 14.3 Å². The average molecular weight is 331 g/mol. The van der Waals surface area contributed by atoms with Crippen molar-refractivity contribution in [3.05, 3.63) is 43.1 Å². The third-order valence-electron chi connectivity index (χ3n) is 2.48. The fraction of sp³-hybridized carbons (Fsp3) is 0.273. The summed E-state index contributed by atoms with van der Waals surface area (Å²) in [6, 6.07) is 1.26. The second-order valence-electron chi connectivity index (χ2n) is 3.86. The summed E-state index contributed by atoms with van der Waals surface area (Å²) >= 11 is 6.88. The number of hydrogen-bond donors (Lipinski definition) is 2. The predicted molar refractivity (Wildman–Crippen MR) is 78.3 cm³/mol. The first-order valence-electron chi connectivity index (χ1n) is 5.79. The van der Waals surface area contributed by atoms with Crippen LogP contribution < -0.4 is 16.6 Å². The van der Waals surface area contributed by atoms with E-state index in [0.717, 1.165) is 11.3 Å². The van der Waals surface area contributed by atoms with E-state index in [0.29, 0.717) is 18.2 Å². The standard InChI is InChI=1S/C11H11ClN4O4S/c1-20-9(18)7-8(12)15-10(21-7)13-3-5-16-4-2-6(17)14-11(16)19/h2,4H,3,5H2,1H3,(H,13,15)(H,14,17,19). The van der Waals surface area contributed by atoms with Crippen molar-refractivity contribution in [2.75, 3.05) is 19.0 Å². The molecular formula is C11H11ClN4O4S. The molecule has 8 nitrogen and oxygen atoms in total. The molecule has 0 atom stereocenters. The van der Waals surface area contributed by atoms with Crippen LogP contribution in [0.2, 0.25) is 5.15 Å². The highest BCUT2D eigenvalue weighted by atomic mass is 35.5. The van der Waals surface area contributed by atoms with Crippen LogP contribution >= 0.6 is 22.9 Å². The number of halogens is 1. The smallest absolute Gasteiger partial charge is 0.351 e. The van der Waals surface area contributed by atoms with E-state index in [2.05, 4.69) is 20.0 Å². The van der Waals surface area contributed by atoms with Crippen molar-refractivity contribution >= 4 is 34.0 Å². The number of nitrogens with zero attached hydrogens (tertiary/aromatic N) is 2. The van der Waals surface area contributed by atoms with Crippen LogP contribution in [0.1, 0.15) is 9.67 Å². The van der Waals surface area contributed by atoms with E-state index in [1.165, 1.54) is 23.9 Å². The van der Waals surface area contributed by atoms with Crippen LogP contribution in [0.25, 0.3) is 0 Å². The Morgan fingerprint density at radius 1 is 1.57 bits per heavy atom. The number of methoxy groups -OCH3 is 1. The molecule has 2 rings (SSSR count). The first-order valence-corrected chi connectivity index (χ1v) is 6.99. The Morgan fingerprint density at radius 2 is 2.33 bits per heavy atom. The number of aromatic nitrogens is 3. The highest BCUT2D eigenvalue weighted by molar-refractivity contribution is 7.18. The number of thiazole rings is 1. The van der Waals surface area contributed by atoms with Crippen LogP contribution in [0.4, 0.5) is 5.13 Å². The van der Waals surface area contributed by atoms with Crippen molar-refractivity contribution in [1.82, 2.24) is 14.5 Å². The van der Waals surface area contributed by atoms with E-state index in [-0.39, 0.29) is 10.0 Å². The largest absolute Gasteiger partial charge is 0.465 e. The number of carbonyl (C=O) groups excluding carboxylic acids is 1. The molecule has 0 aliphatic rings. The molecule has 0 radical (unpaired) electrons. The average Bonchev–Trinajstić information content (AvgIpc) is 2.81. The van der Waals surface area contributed by atoms with Gasteiger partial charge in [0.2, 0.25) is 0 Å². The van der Waals surface area contributed by atoms with Gasteiger partial charge in [0.1, 0.15) is 0 Å². The SMILES string of the molecule is COC(=O)c1sc(NCCn2ccc(=O)[nH]c2=O)nc1Cl. The van der Waals surface area contributed by atoms with Gasteiger partial charge in [-0.25, -0.2) is 14.6 Å². The zero-order valence-electron chi connectivity index (χ0n) is 10.9. The molecule has 2 aromatic rings. The summed E-state index contributed by atoms with van der Waals surface area (Å²) in [5, 5.41) is 3.45. The maximum atomic E-state index is 11.5. The van der Waals surface area contributed by atoms with E-state index < -0.39 is 17.2 Å². The van der Waals surface area contributed by atoms with E-state index in [9.17, 15) is 14.4 Å². The lowest BCUT2D eigenvalue weighted by molar-refractivity contribution is 0.0606. The Bertz CT molecular complexity index is 766. The number of ether oxygens (including phenoxy) is 1. The molecule has 0 amide bonds. The maximum absolute atomic E-state index is 11.5. The van der Waals surface area contributed by atoms with Crippen LogP contribution in [0.5, 0.6) is 0 Å². The summed E-state index contributed by atoms with van der Waals surface area (Å²) in [4.78, 5) is 40.1. The molecule has 112 valence electrons. The van der Waals surface area contributed by atoms with Crippen LogP contribution in [0.3, 0.4) is 0 Å². The van der Waals surface area contributed by atoms with Crippen molar-refractivity contribution in [3.63, 3.8) is 0 Å². The molecule has 0 unspecified atom stereocenters. The van der Waals surface area contributed by atoms with Gasteiger partial charge in [-0.05, 0) is 0 Å². The van der Waals surface area contributed by atoms with Gasteiger partial charge in [-0.1, -0.05) is 22.9 Å². The second-order valence-corrected chi connectivity index (χ2v) is 5.22. The number of nitrogens with one attached hydrogen (secondary N) is 2. The van der Waals surface area contributed by atoms with Crippen LogP contribution in [0, 0.1) is 0 Å².